The number of halogens is 1. The van der Waals surface area contributed by atoms with Crippen LogP contribution in [0.1, 0.15) is 26.2 Å². The summed E-state index contributed by atoms with van der Waals surface area (Å²) in [6.07, 6.45) is 2.02. The Kier molecular flexibility index (Phi) is 4.94. The number of rotatable bonds is 5. The van der Waals surface area contributed by atoms with Crippen molar-refractivity contribution in [1.29, 1.82) is 0 Å². The van der Waals surface area contributed by atoms with E-state index in [0.717, 1.165) is 12.8 Å². The second-order valence-electron chi connectivity index (χ2n) is 8.06. The number of aromatic hydroxyl groups is 1. The highest BCUT2D eigenvalue weighted by atomic mass is 32.1. The van der Waals surface area contributed by atoms with Gasteiger partial charge in [0.1, 0.15) is 18.2 Å². The largest absolute Gasteiger partial charge is 0.507 e. The quantitative estimate of drug-likeness (QED) is 0.613. The summed E-state index contributed by atoms with van der Waals surface area (Å²) in [4.78, 5) is 12.1. The van der Waals surface area contributed by atoms with E-state index in [2.05, 4.69) is 37.4 Å². The first-order chi connectivity index (χ1) is 14.9. The third-order valence-corrected chi connectivity index (χ3v) is 6.66. The van der Waals surface area contributed by atoms with Crippen molar-refractivity contribution >= 4 is 11.3 Å². The van der Waals surface area contributed by atoms with Crippen LogP contribution in [-0.2, 0) is 0 Å². The molecule has 5 rings (SSSR count). The summed E-state index contributed by atoms with van der Waals surface area (Å²) in [7, 11) is 1.47. The molecule has 2 saturated heterocycles. The maximum absolute atomic E-state index is 14.8. The maximum atomic E-state index is 14.8. The smallest absolute Gasteiger partial charge is 0.319 e. The van der Waals surface area contributed by atoms with E-state index in [1.54, 1.807) is 12.1 Å². The van der Waals surface area contributed by atoms with Gasteiger partial charge in [-0.3, -0.25) is 0 Å². The molecule has 0 amide bonds. The number of fused-ring (bicyclic) bond motifs is 2. The first-order valence-corrected chi connectivity index (χ1v) is 10.7. The van der Waals surface area contributed by atoms with Gasteiger partial charge in [-0.25, -0.2) is 9.37 Å². The molecule has 31 heavy (non-hydrogen) atoms. The Morgan fingerprint density at radius 2 is 2.16 bits per heavy atom. The topological polar surface area (TPSA) is 115 Å². The van der Waals surface area contributed by atoms with E-state index in [1.807, 2.05) is 0 Å². The van der Waals surface area contributed by atoms with Gasteiger partial charge in [-0.05, 0) is 31.9 Å². The number of benzene rings is 1. The Hall–Kier alpha value is -2.92. The van der Waals surface area contributed by atoms with Gasteiger partial charge in [0.05, 0.1) is 12.7 Å². The Labute approximate surface area is 181 Å². The van der Waals surface area contributed by atoms with Crippen molar-refractivity contribution < 1.29 is 19.0 Å². The van der Waals surface area contributed by atoms with Crippen molar-refractivity contribution in [2.24, 2.45) is 0 Å². The third-order valence-electron chi connectivity index (χ3n) is 5.81. The second kappa shape index (κ2) is 7.65. The average Bonchev–Trinajstić information content (AvgIpc) is 3.37. The third kappa shape index (κ3) is 3.79. The molecule has 2 bridgehead atoms. The molecule has 0 saturated carbocycles. The summed E-state index contributed by atoms with van der Waals surface area (Å²) in [6, 6.07) is 5.01. The first-order valence-electron chi connectivity index (χ1n) is 9.93. The molecule has 1 unspecified atom stereocenters. The van der Waals surface area contributed by atoms with Crippen molar-refractivity contribution in [3.05, 3.63) is 24.5 Å². The minimum absolute atomic E-state index is 0.00429. The number of nitrogens with one attached hydrogen (secondary N) is 1. The van der Waals surface area contributed by atoms with E-state index in [4.69, 9.17) is 9.47 Å². The van der Waals surface area contributed by atoms with Crippen molar-refractivity contribution in [2.75, 3.05) is 7.11 Å². The molecular formula is C20H21FN6O3S. The van der Waals surface area contributed by atoms with Gasteiger partial charge in [0.15, 0.2) is 17.0 Å². The molecule has 4 atom stereocenters. The predicted molar refractivity (Wildman–Crippen MR) is 111 cm³/mol. The number of piperidine rings is 1. The summed E-state index contributed by atoms with van der Waals surface area (Å²) in [5.74, 6) is 0.369. The number of alkyl halides is 1. The Bertz CT molecular complexity index is 1110. The highest BCUT2D eigenvalue weighted by Crippen LogP contribution is 2.40. The number of hydrogen-bond donors (Lipinski definition) is 2. The van der Waals surface area contributed by atoms with Crippen LogP contribution < -0.4 is 14.8 Å². The molecule has 2 aliphatic heterocycles. The second-order valence-corrected chi connectivity index (χ2v) is 9.00. The zero-order chi connectivity index (χ0) is 21.6. The number of hydrogen-bond acceptors (Lipinski definition) is 10. The van der Waals surface area contributed by atoms with Gasteiger partial charge < -0.3 is 19.9 Å². The zero-order valence-electron chi connectivity index (χ0n) is 16.9. The lowest BCUT2D eigenvalue weighted by Gasteiger charge is -2.38. The highest BCUT2D eigenvalue weighted by Gasteiger charge is 2.49. The molecule has 2 N–H and O–H groups in total. The van der Waals surface area contributed by atoms with Gasteiger partial charge in [0, 0.05) is 23.6 Å². The van der Waals surface area contributed by atoms with Gasteiger partial charge in [-0.1, -0.05) is 22.5 Å². The lowest BCUT2D eigenvalue weighted by atomic mass is 9.90. The Morgan fingerprint density at radius 1 is 1.29 bits per heavy atom. The molecule has 2 aliphatic rings. The summed E-state index contributed by atoms with van der Waals surface area (Å²) in [6.45, 7) is 2.10. The van der Waals surface area contributed by atoms with Crippen LogP contribution in [0.3, 0.4) is 0 Å². The normalized spacial score (nSPS) is 27.3. The number of methoxy groups -OCH3 is 1. The van der Waals surface area contributed by atoms with Crippen LogP contribution in [0.15, 0.2) is 24.5 Å². The first kappa shape index (κ1) is 20.0. The van der Waals surface area contributed by atoms with Crippen molar-refractivity contribution in [2.45, 2.75) is 50.0 Å². The Balaban J connectivity index is 1.35. The molecular weight excluding hydrogens is 423 g/mol. The fraction of sp³-hybridized carbons (Fsp3) is 0.450. The predicted octanol–water partition coefficient (Wildman–Crippen LogP) is 2.77. The fourth-order valence-electron chi connectivity index (χ4n) is 4.25. The van der Waals surface area contributed by atoms with Crippen LogP contribution in [0.4, 0.5) is 4.39 Å². The molecule has 2 aromatic heterocycles. The van der Waals surface area contributed by atoms with Gasteiger partial charge in [0.25, 0.3) is 5.19 Å². The summed E-state index contributed by atoms with van der Waals surface area (Å²) < 4.78 is 25.6. The van der Waals surface area contributed by atoms with Crippen LogP contribution in [0.25, 0.3) is 22.0 Å². The molecule has 0 radical (unpaired) electrons. The van der Waals surface area contributed by atoms with Gasteiger partial charge in [-0.2, -0.15) is 9.97 Å². The van der Waals surface area contributed by atoms with Gasteiger partial charge in [0.2, 0.25) is 0 Å². The zero-order valence-corrected chi connectivity index (χ0v) is 17.8. The van der Waals surface area contributed by atoms with Crippen LogP contribution in [-0.4, -0.2) is 61.2 Å². The van der Waals surface area contributed by atoms with E-state index in [1.165, 1.54) is 30.8 Å². The van der Waals surface area contributed by atoms with E-state index in [9.17, 15) is 9.50 Å². The van der Waals surface area contributed by atoms with E-state index < -0.39 is 12.3 Å². The van der Waals surface area contributed by atoms with Crippen LogP contribution in [0.2, 0.25) is 0 Å². The lowest BCUT2D eigenvalue weighted by molar-refractivity contribution is 0.0262. The van der Waals surface area contributed by atoms with Gasteiger partial charge >= 0.3 is 6.01 Å². The fourth-order valence-corrected chi connectivity index (χ4v) is 5.04. The van der Waals surface area contributed by atoms with E-state index in [-0.39, 0.29) is 23.3 Å². The van der Waals surface area contributed by atoms with E-state index in [0.29, 0.717) is 33.6 Å². The monoisotopic (exact) mass is 444 g/mol. The molecule has 3 aromatic rings. The minimum Gasteiger partial charge on any atom is -0.507 e. The van der Waals surface area contributed by atoms with Crippen LogP contribution in [0, 0.1) is 0 Å². The molecule has 0 aliphatic carbocycles. The summed E-state index contributed by atoms with van der Waals surface area (Å²) in [5.41, 5.74) is 0.991. The summed E-state index contributed by atoms with van der Waals surface area (Å²) in [5, 5.41) is 22.8. The number of phenols is 1. The van der Waals surface area contributed by atoms with Crippen molar-refractivity contribution in [1.82, 2.24) is 30.5 Å². The number of nitrogens with zero attached hydrogens (tertiary/aromatic N) is 5. The van der Waals surface area contributed by atoms with Crippen LogP contribution in [0.5, 0.6) is 17.0 Å². The van der Waals surface area contributed by atoms with Crippen LogP contribution >= 0.6 is 11.3 Å². The Morgan fingerprint density at radius 3 is 2.97 bits per heavy atom. The molecule has 0 spiro atoms. The molecule has 9 nitrogen and oxygen atoms in total. The van der Waals surface area contributed by atoms with Gasteiger partial charge in [-0.15, -0.1) is 5.10 Å². The molecule has 1 aromatic carbocycles. The molecule has 162 valence electrons. The van der Waals surface area contributed by atoms with Crippen molar-refractivity contribution in [3.8, 4) is 38.9 Å². The standard InChI is InChI=1S/C20H21FN6O3S/c1-20-6-5-12(25-20)15(21)14(8-20)30-19-27-26-17(31-19)11-4-3-10(7-13(11)28)16-22-9-23-18(24-16)29-2/h3-4,7,9,12,14-15,25,28H,5-6,8H2,1-2H3/t12?,14-,15+,20-/m0/s1. The number of phenolic OH excluding ortho intramolecular Hbond substituents is 1. The molecule has 2 fully saturated rings. The lowest BCUT2D eigenvalue weighted by Crippen LogP contribution is -2.57. The minimum atomic E-state index is -1.09. The summed E-state index contributed by atoms with van der Waals surface area (Å²) >= 11 is 1.17. The number of ether oxygens (including phenoxy) is 2. The van der Waals surface area contributed by atoms with E-state index >= 15 is 0 Å². The average molecular weight is 444 g/mol. The van der Waals surface area contributed by atoms with Crippen molar-refractivity contribution in [3.63, 3.8) is 0 Å². The molecule has 11 heteroatoms. The maximum Gasteiger partial charge on any atom is 0.319 e. The highest BCUT2D eigenvalue weighted by molar-refractivity contribution is 7.16. The SMILES string of the molecule is COc1ncnc(-c2ccc(-c3nnc(O[C@H]4C[C@]5(C)CCC(N5)[C@H]4F)s3)c(O)c2)n1. The molecule has 4 heterocycles. The number of aromatic nitrogens is 5.